The summed E-state index contributed by atoms with van der Waals surface area (Å²) < 4.78 is 5.48. The smallest absolute Gasteiger partial charge is 0.239 e. The molecule has 6 heteroatoms. The number of benzene rings is 1. The number of aromatic nitrogens is 1. The molecule has 0 aliphatic rings. The Labute approximate surface area is 119 Å². The second kappa shape index (κ2) is 5.76. The minimum atomic E-state index is -0.0218. The van der Waals surface area contributed by atoms with Crippen molar-refractivity contribution in [2.75, 3.05) is 0 Å². The summed E-state index contributed by atoms with van der Waals surface area (Å²) in [6.07, 6.45) is 0. The Bertz CT molecular complexity index is 558. The largest absolute Gasteiger partial charge is 0.437 e. The fourth-order valence-corrected chi connectivity index (χ4v) is 1.80. The molecule has 0 fully saturated rings. The zero-order chi connectivity index (χ0) is 13.1. The third-order valence-electron chi connectivity index (χ3n) is 2.17. The highest BCUT2D eigenvalue weighted by molar-refractivity contribution is 6.42. The molecule has 2 aromatic rings. The summed E-state index contributed by atoms with van der Waals surface area (Å²) in [5.41, 5.74) is 0.788. The van der Waals surface area contributed by atoms with Crippen molar-refractivity contribution in [3.05, 3.63) is 51.1 Å². The van der Waals surface area contributed by atoms with E-state index in [0.29, 0.717) is 5.75 Å². The van der Waals surface area contributed by atoms with Crippen molar-refractivity contribution >= 4 is 34.8 Å². The van der Waals surface area contributed by atoms with Gasteiger partial charge < -0.3 is 9.84 Å². The van der Waals surface area contributed by atoms with Gasteiger partial charge in [-0.2, -0.15) is 4.98 Å². The van der Waals surface area contributed by atoms with Gasteiger partial charge in [-0.1, -0.05) is 46.9 Å². The first-order valence-corrected chi connectivity index (χ1v) is 6.12. The monoisotopic (exact) mass is 303 g/mol. The number of ether oxygens (including phenoxy) is 1. The minimum absolute atomic E-state index is 0.0218. The number of nitrogens with zero attached hydrogens (tertiary/aromatic N) is 1. The van der Waals surface area contributed by atoms with Crippen LogP contribution in [0.25, 0.3) is 0 Å². The van der Waals surface area contributed by atoms with Crippen molar-refractivity contribution in [3.8, 4) is 11.6 Å². The maximum Gasteiger partial charge on any atom is 0.239 e. The molecule has 0 radical (unpaired) electrons. The van der Waals surface area contributed by atoms with Crippen LogP contribution in [0.1, 0.15) is 5.56 Å². The zero-order valence-electron chi connectivity index (χ0n) is 9.03. The van der Waals surface area contributed by atoms with Crippen LogP contribution in [-0.4, -0.2) is 10.1 Å². The molecule has 94 valence electrons. The first-order chi connectivity index (χ1) is 8.60. The van der Waals surface area contributed by atoms with Crippen molar-refractivity contribution in [1.29, 1.82) is 0 Å². The fourth-order valence-electron chi connectivity index (χ4n) is 1.27. The molecule has 0 spiro atoms. The van der Waals surface area contributed by atoms with Crippen LogP contribution in [0.15, 0.2) is 30.3 Å². The molecule has 18 heavy (non-hydrogen) atoms. The lowest BCUT2D eigenvalue weighted by Crippen LogP contribution is -1.91. The number of hydrogen-bond donors (Lipinski definition) is 1. The number of rotatable bonds is 3. The molecular weight excluding hydrogens is 296 g/mol. The summed E-state index contributed by atoms with van der Waals surface area (Å²) in [5, 5.41) is 9.59. The fraction of sp³-hybridized carbons (Fsp3) is 0.0833. The lowest BCUT2D eigenvalue weighted by molar-refractivity contribution is 0.281. The topological polar surface area (TPSA) is 42.4 Å². The van der Waals surface area contributed by atoms with E-state index in [-0.39, 0.29) is 27.7 Å². The van der Waals surface area contributed by atoms with Crippen LogP contribution in [0, 0.1) is 0 Å². The normalized spacial score (nSPS) is 10.4. The van der Waals surface area contributed by atoms with Gasteiger partial charge in [0.05, 0.1) is 11.6 Å². The van der Waals surface area contributed by atoms with Crippen LogP contribution < -0.4 is 4.74 Å². The van der Waals surface area contributed by atoms with E-state index in [1.807, 2.05) is 0 Å². The second-order valence-electron chi connectivity index (χ2n) is 3.45. The standard InChI is InChI=1S/C12H8Cl3NO2/c13-9-5-10(14)12(16-11(9)15)18-8-3-1-7(6-17)2-4-8/h1-5,17H,6H2. The van der Waals surface area contributed by atoms with Gasteiger partial charge in [0, 0.05) is 0 Å². The molecule has 0 unspecified atom stereocenters. The number of aliphatic hydroxyl groups is 1. The number of aliphatic hydroxyl groups excluding tert-OH is 1. The van der Waals surface area contributed by atoms with E-state index in [4.69, 9.17) is 44.6 Å². The van der Waals surface area contributed by atoms with E-state index >= 15 is 0 Å². The Balaban J connectivity index is 2.25. The third kappa shape index (κ3) is 3.06. The molecule has 0 atom stereocenters. The number of pyridine rings is 1. The van der Waals surface area contributed by atoms with E-state index < -0.39 is 0 Å². The van der Waals surface area contributed by atoms with E-state index in [2.05, 4.69) is 4.98 Å². The second-order valence-corrected chi connectivity index (χ2v) is 4.62. The van der Waals surface area contributed by atoms with Gasteiger partial charge in [-0.25, -0.2) is 0 Å². The first kappa shape index (κ1) is 13.4. The van der Waals surface area contributed by atoms with Crippen molar-refractivity contribution in [2.45, 2.75) is 6.61 Å². The van der Waals surface area contributed by atoms with Crippen molar-refractivity contribution in [2.24, 2.45) is 0 Å². The van der Waals surface area contributed by atoms with E-state index in [1.165, 1.54) is 6.07 Å². The van der Waals surface area contributed by atoms with Crippen LogP contribution >= 0.6 is 34.8 Å². The van der Waals surface area contributed by atoms with E-state index in [1.54, 1.807) is 24.3 Å². The lowest BCUT2D eigenvalue weighted by atomic mass is 10.2. The van der Waals surface area contributed by atoms with Gasteiger partial charge in [0.25, 0.3) is 0 Å². The van der Waals surface area contributed by atoms with Crippen molar-refractivity contribution in [3.63, 3.8) is 0 Å². The van der Waals surface area contributed by atoms with E-state index in [9.17, 15) is 0 Å². The molecule has 0 aliphatic heterocycles. The molecule has 0 aliphatic carbocycles. The van der Waals surface area contributed by atoms with Crippen LogP contribution in [0.5, 0.6) is 11.6 Å². The molecule has 1 heterocycles. The Kier molecular flexibility index (Phi) is 4.30. The molecule has 1 aromatic carbocycles. The molecule has 0 saturated carbocycles. The molecular formula is C12H8Cl3NO2. The lowest BCUT2D eigenvalue weighted by Gasteiger charge is -2.08. The van der Waals surface area contributed by atoms with Crippen molar-refractivity contribution in [1.82, 2.24) is 4.98 Å². The van der Waals surface area contributed by atoms with Crippen LogP contribution in [0.3, 0.4) is 0 Å². The number of hydrogen-bond acceptors (Lipinski definition) is 3. The highest BCUT2D eigenvalue weighted by Gasteiger charge is 2.09. The average molecular weight is 305 g/mol. The van der Waals surface area contributed by atoms with Gasteiger partial charge in [-0.15, -0.1) is 0 Å². The Morgan fingerprint density at radius 2 is 1.72 bits per heavy atom. The van der Waals surface area contributed by atoms with Crippen LogP contribution in [0.2, 0.25) is 15.2 Å². The summed E-state index contributed by atoms with van der Waals surface area (Å²) in [7, 11) is 0. The third-order valence-corrected chi connectivity index (χ3v) is 3.12. The van der Waals surface area contributed by atoms with E-state index in [0.717, 1.165) is 5.56 Å². The maximum absolute atomic E-state index is 8.92. The summed E-state index contributed by atoms with van der Waals surface area (Å²) >= 11 is 17.5. The molecule has 0 bridgehead atoms. The number of halogens is 3. The van der Waals surface area contributed by atoms with Crippen LogP contribution in [0.4, 0.5) is 0 Å². The highest BCUT2D eigenvalue weighted by Crippen LogP contribution is 2.33. The summed E-state index contributed by atoms with van der Waals surface area (Å²) in [6.45, 7) is -0.0218. The molecule has 1 aromatic heterocycles. The maximum atomic E-state index is 8.92. The highest BCUT2D eigenvalue weighted by atomic mass is 35.5. The molecule has 1 N–H and O–H groups in total. The van der Waals surface area contributed by atoms with Gasteiger partial charge >= 0.3 is 0 Å². The van der Waals surface area contributed by atoms with Crippen molar-refractivity contribution < 1.29 is 9.84 Å². The zero-order valence-corrected chi connectivity index (χ0v) is 11.3. The van der Waals surface area contributed by atoms with Gasteiger partial charge in [-0.3, -0.25) is 0 Å². The Morgan fingerprint density at radius 1 is 1.06 bits per heavy atom. The Hall–Kier alpha value is -1.00. The van der Waals surface area contributed by atoms with Crippen LogP contribution in [-0.2, 0) is 6.61 Å². The molecule has 0 saturated heterocycles. The van der Waals surface area contributed by atoms with Gasteiger partial charge in [0.2, 0.25) is 5.88 Å². The molecule has 2 rings (SSSR count). The quantitative estimate of drug-likeness (QED) is 0.858. The SMILES string of the molecule is OCc1ccc(Oc2nc(Cl)c(Cl)cc2Cl)cc1. The predicted molar refractivity (Wildman–Crippen MR) is 71.7 cm³/mol. The summed E-state index contributed by atoms with van der Waals surface area (Å²) in [5.74, 6) is 0.725. The summed E-state index contributed by atoms with van der Waals surface area (Å²) in [6, 6.07) is 8.34. The predicted octanol–water partition coefficient (Wildman–Crippen LogP) is 4.33. The minimum Gasteiger partial charge on any atom is -0.437 e. The average Bonchev–Trinajstić information content (AvgIpc) is 2.37. The molecule has 0 amide bonds. The van der Waals surface area contributed by atoms with Gasteiger partial charge in [0.15, 0.2) is 5.15 Å². The summed E-state index contributed by atoms with van der Waals surface area (Å²) in [4.78, 5) is 3.94. The Morgan fingerprint density at radius 3 is 2.33 bits per heavy atom. The first-order valence-electron chi connectivity index (χ1n) is 4.99. The van der Waals surface area contributed by atoms with Gasteiger partial charge in [0.1, 0.15) is 10.8 Å². The molecule has 3 nitrogen and oxygen atoms in total. The van der Waals surface area contributed by atoms with Gasteiger partial charge in [-0.05, 0) is 23.8 Å².